The summed E-state index contributed by atoms with van der Waals surface area (Å²) < 4.78 is 7.16. The highest BCUT2D eigenvalue weighted by atomic mass is 15.0. The van der Waals surface area contributed by atoms with E-state index in [0.717, 1.165) is 56.1 Å². The van der Waals surface area contributed by atoms with Crippen LogP contribution in [0.4, 0.5) is 0 Å². The largest absolute Gasteiger partial charge is 0.309 e. The lowest BCUT2D eigenvalue weighted by atomic mass is 10.0. The molecule has 0 aliphatic heterocycles. The van der Waals surface area contributed by atoms with Crippen molar-refractivity contribution in [2.45, 2.75) is 0 Å². The van der Waals surface area contributed by atoms with Crippen LogP contribution in [0.15, 0.2) is 224 Å². The minimum absolute atomic E-state index is 0.850. The fourth-order valence-corrected chi connectivity index (χ4v) is 10.5. The third-order valence-electron chi connectivity index (χ3n) is 13.4. The summed E-state index contributed by atoms with van der Waals surface area (Å²) in [7, 11) is 0. The molecular formula is C60H37N5. The quantitative estimate of drug-likeness (QED) is 0.173. The van der Waals surface area contributed by atoms with E-state index in [2.05, 4.69) is 226 Å². The predicted octanol–water partition coefficient (Wildman–Crippen LogP) is 15.4. The number of aromatic nitrogens is 5. The van der Waals surface area contributed by atoms with Gasteiger partial charge in [0.15, 0.2) is 0 Å². The predicted molar refractivity (Wildman–Crippen MR) is 271 cm³/mol. The topological polar surface area (TPSA) is 40.6 Å². The van der Waals surface area contributed by atoms with Crippen LogP contribution in [-0.2, 0) is 0 Å². The van der Waals surface area contributed by atoms with Crippen molar-refractivity contribution in [3.63, 3.8) is 0 Å². The second-order valence-electron chi connectivity index (χ2n) is 17.0. The van der Waals surface area contributed by atoms with Crippen LogP contribution >= 0.6 is 0 Å². The summed E-state index contributed by atoms with van der Waals surface area (Å²) in [5.41, 5.74) is 15.9. The highest BCUT2D eigenvalue weighted by Gasteiger charge is 2.20. The normalized spacial score (nSPS) is 12.0. The first-order valence-corrected chi connectivity index (χ1v) is 22.2. The molecule has 0 unspecified atom stereocenters. The number of hydrogen-bond donors (Lipinski definition) is 0. The second kappa shape index (κ2) is 13.9. The van der Waals surface area contributed by atoms with Crippen LogP contribution < -0.4 is 0 Å². The summed E-state index contributed by atoms with van der Waals surface area (Å²) in [6.45, 7) is 0. The van der Waals surface area contributed by atoms with Gasteiger partial charge in [-0.3, -0.25) is 0 Å². The first kappa shape index (κ1) is 35.8. The average Bonchev–Trinajstić information content (AvgIpc) is 4.00. The number of rotatable bonds is 5. The van der Waals surface area contributed by atoms with E-state index in [1.165, 1.54) is 70.7 Å². The van der Waals surface area contributed by atoms with Gasteiger partial charge in [-0.15, -0.1) is 0 Å². The maximum absolute atomic E-state index is 5.35. The smallest absolute Gasteiger partial charge is 0.0973 e. The van der Waals surface area contributed by atoms with Crippen molar-refractivity contribution in [1.29, 1.82) is 0 Å². The zero-order valence-electron chi connectivity index (χ0n) is 35.1. The molecule has 10 aromatic carbocycles. The molecular weight excluding hydrogens is 791 g/mol. The molecule has 4 heterocycles. The van der Waals surface area contributed by atoms with Crippen molar-refractivity contribution in [1.82, 2.24) is 23.7 Å². The molecule has 0 aliphatic rings. The summed E-state index contributed by atoms with van der Waals surface area (Å²) in [6.07, 6.45) is 0. The molecule has 0 N–H and O–H groups in total. The van der Waals surface area contributed by atoms with E-state index in [4.69, 9.17) is 9.97 Å². The van der Waals surface area contributed by atoms with E-state index in [1.54, 1.807) is 0 Å². The van der Waals surface area contributed by atoms with Crippen LogP contribution in [0.2, 0.25) is 0 Å². The van der Waals surface area contributed by atoms with E-state index in [-0.39, 0.29) is 0 Å². The van der Waals surface area contributed by atoms with Crippen LogP contribution in [0.1, 0.15) is 0 Å². The van der Waals surface area contributed by atoms with Crippen LogP contribution in [0.3, 0.4) is 0 Å². The monoisotopic (exact) mass is 827 g/mol. The summed E-state index contributed by atoms with van der Waals surface area (Å²) in [5, 5.41) is 9.81. The number of nitrogens with zero attached hydrogens (tertiary/aromatic N) is 5. The molecule has 0 radical (unpaired) electrons. The molecule has 0 saturated heterocycles. The minimum atomic E-state index is 0.850. The molecule has 0 fully saturated rings. The van der Waals surface area contributed by atoms with Crippen molar-refractivity contribution in [3.8, 4) is 39.6 Å². The van der Waals surface area contributed by atoms with Gasteiger partial charge in [-0.05, 0) is 102 Å². The molecule has 14 aromatic rings. The highest BCUT2D eigenvalue weighted by molar-refractivity contribution is 6.15. The Balaban J connectivity index is 0.929. The van der Waals surface area contributed by atoms with Gasteiger partial charge < -0.3 is 13.7 Å². The number of fused-ring (bicyclic) bond motifs is 11. The van der Waals surface area contributed by atoms with Crippen LogP contribution in [-0.4, -0.2) is 23.7 Å². The standard InChI is InChI=1S/C60H37N5/c1-2-14-42(15-3-1)63-53-22-10-6-18-47(53)49-33-29-40(36-57(49)63)60-59(61-51-20-8-9-21-52(51)62-60)38-26-30-43(31-27-38)64-56-25-13-7-19-48(56)50-35-39-28-32-44(34-41(39)37-58(50)64)65-54-23-11-4-16-45(54)46-17-5-12-24-55(46)65/h1-37H. The summed E-state index contributed by atoms with van der Waals surface area (Å²) in [4.78, 5) is 10.7. The Morgan fingerprint density at radius 2 is 0.677 bits per heavy atom. The Morgan fingerprint density at radius 3 is 1.28 bits per heavy atom. The first-order valence-electron chi connectivity index (χ1n) is 22.2. The van der Waals surface area contributed by atoms with E-state index >= 15 is 0 Å². The molecule has 14 rings (SSSR count). The van der Waals surface area contributed by atoms with Crippen molar-refractivity contribution < 1.29 is 0 Å². The van der Waals surface area contributed by atoms with E-state index in [9.17, 15) is 0 Å². The van der Waals surface area contributed by atoms with Gasteiger partial charge in [-0.25, -0.2) is 9.97 Å². The molecule has 0 amide bonds. The fraction of sp³-hybridized carbons (Fsp3) is 0. The van der Waals surface area contributed by atoms with Crippen molar-refractivity contribution in [2.24, 2.45) is 0 Å². The molecule has 0 aliphatic carbocycles. The number of benzene rings is 10. The van der Waals surface area contributed by atoms with E-state index in [0.29, 0.717) is 0 Å². The fourth-order valence-electron chi connectivity index (χ4n) is 10.5. The van der Waals surface area contributed by atoms with Gasteiger partial charge in [0, 0.05) is 60.5 Å². The van der Waals surface area contributed by atoms with Crippen molar-refractivity contribution in [2.75, 3.05) is 0 Å². The maximum Gasteiger partial charge on any atom is 0.0973 e. The second-order valence-corrected chi connectivity index (χ2v) is 17.0. The van der Waals surface area contributed by atoms with Crippen LogP contribution in [0.5, 0.6) is 0 Å². The third-order valence-corrected chi connectivity index (χ3v) is 13.4. The Morgan fingerprint density at radius 1 is 0.246 bits per heavy atom. The number of para-hydroxylation sites is 7. The maximum atomic E-state index is 5.35. The van der Waals surface area contributed by atoms with Gasteiger partial charge in [0.1, 0.15) is 0 Å². The molecule has 0 atom stereocenters. The molecule has 65 heavy (non-hydrogen) atoms. The third kappa shape index (κ3) is 5.39. The molecule has 5 nitrogen and oxygen atoms in total. The lowest BCUT2D eigenvalue weighted by Gasteiger charge is -2.14. The van der Waals surface area contributed by atoms with Crippen LogP contribution in [0, 0.1) is 0 Å². The van der Waals surface area contributed by atoms with Gasteiger partial charge in [0.05, 0.1) is 55.5 Å². The van der Waals surface area contributed by atoms with Gasteiger partial charge in [0.2, 0.25) is 0 Å². The van der Waals surface area contributed by atoms with Crippen molar-refractivity contribution in [3.05, 3.63) is 224 Å². The first-order chi connectivity index (χ1) is 32.2. The van der Waals surface area contributed by atoms with E-state index in [1.807, 2.05) is 12.1 Å². The Kier molecular flexibility index (Phi) is 7.62. The molecule has 0 saturated carbocycles. The highest BCUT2D eigenvalue weighted by Crippen LogP contribution is 2.40. The SMILES string of the molecule is c1ccc(-n2c3ccccc3c3ccc(-c4nc5ccccc5nc4-c4ccc(-n5c6ccccc6c6cc7ccc(-n8c9ccccc9c9ccccc98)cc7cc65)cc4)cc32)cc1. The Hall–Kier alpha value is -8.80. The zero-order chi connectivity index (χ0) is 42.6. The van der Waals surface area contributed by atoms with E-state index < -0.39 is 0 Å². The molecule has 5 heteroatoms. The Labute approximate surface area is 373 Å². The van der Waals surface area contributed by atoms with Gasteiger partial charge in [-0.1, -0.05) is 133 Å². The molecule has 4 aromatic heterocycles. The average molecular weight is 828 g/mol. The lowest BCUT2D eigenvalue weighted by molar-refractivity contribution is 1.18. The van der Waals surface area contributed by atoms with Gasteiger partial charge in [0.25, 0.3) is 0 Å². The minimum Gasteiger partial charge on any atom is -0.309 e. The summed E-state index contributed by atoms with van der Waals surface area (Å²) in [5.74, 6) is 0. The molecule has 0 bridgehead atoms. The van der Waals surface area contributed by atoms with Gasteiger partial charge >= 0.3 is 0 Å². The number of hydrogen-bond acceptors (Lipinski definition) is 2. The van der Waals surface area contributed by atoms with Crippen LogP contribution in [0.25, 0.3) is 127 Å². The summed E-state index contributed by atoms with van der Waals surface area (Å²) in [6, 6.07) is 80.8. The molecule has 0 spiro atoms. The van der Waals surface area contributed by atoms with Crippen molar-refractivity contribution >= 4 is 87.2 Å². The zero-order valence-corrected chi connectivity index (χ0v) is 35.1. The van der Waals surface area contributed by atoms with Gasteiger partial charge in [-0.2, -0.15) is 0 Å². The molecule has 302 valence electrons. The summed E-state index contributed by atoms with van der Waals surface area (Å²) >= 11 is 0. The Bertz CT molecular complexity index is 4180. The lowest BCUT2D eigenvalue weighted by Crippen LogP contribution is -1.98.